The van der Waals surface area contributed by atoms with Crippen molar-refractivity contribution in [2.45, 2.75) is 78.6 Å². The average Bonchev–Trinajstić information content (AvgIpc) is 3.18. The molecule has 5 saturated carbocycles. The van der Waals surface area contributed by atoms with E-state index in [1.54, 1.807) is 6.42 Å². The summed E-state index contributed by atoms with van der Waals surface area (Å²) in [5, 5.41) is 0. The number of carbonyl (C=O) groups is 1. The molecule has 0 aromatic heterocycles. The second-order valence-electron chi connectivity index (χ2n) is 11.0. The van der Waals surface area contributed by atoms with Crippen molar-refractivity contribution >= 4 is 6.29 Å². The first-order chi connectivity index (χ1) is 12.1. The summed E-state index contributed by atoms with van der Waals surface area (Å²) in [5.41, 5.74) is 0.497. The first-order valence-electron chi connectivity index (χ1n) is 11.5. The maximum atomic E-state index is 11.4. The summed E-state index contributed by atoms with van der Waals surface area (Å²) >= 11 is 0. The summed E-state index contributed by atoms with van der Waals surface area (Å²) < 4.78 is 0. The van der Waals surface area contributed by atoms with Crippen molar-refractivity contribution in [1.82, 2.24) is 0 Å². The van der Waals surface area contributed by atoms with Gasteiger partial charge in [-0.2, -0.15) is 0 Å². The predicted octanol–water partition coefficient (Wildman–Crippen LogP) is 5.97. The second kappa shape index (κ2) is 5.83. The van der Waals surface area contributed by atoms with Gasteiger partial charge in [-0.1, -0.05) is 33.6 Å². The van der Waals surface area contributed by atoms with Crippen LogP contribution in [0.15, 0.2) is 0 Å². The molecule has 5 fully saturated rings. The van der Waals surface area contributed by atoms with Crippen molar-refractivity contribution < 1.29 is 4.79 Å². The molecule has 5 aliphatic rings. The quantitative estimate of drug-likeness (QED) is 0.577. The standard InChI is InChI=1S/C24H38O/c1-4-15-5-7-17-16(13-15)6-8-19-18(17)9-11-24(3)20(10-12-25)21-14(2)22(21)23(19)24/h12,14-23H,4-11,13H2,1-3H3/t14-,15+,16-,17?,18?,19-,20?,21?,22?,23?,24-/m1/s1. The van der Waals surface area contributed by atoms with E-state index in [2.05, 4.69) is 20.8 Å². The van der Waals surface area contributed by atoms with Gasteiger partial charge in [0.2, 0.25) is 0 Å². The van der Waals surface area contributed by atoms with E-state index in [9.17, 15) is 4.79 Å². The van der Waals surface area contributed by atoms with E-state index < -0.39 is 0 Å². The molecule has 1 nitrogen and oxygen atoms in total. The summed E-state index contributed by atoms with van der Waals surface area (Å²) in [4.78, 5) is 11.4. The Bertz CT molecular complexity index is 540. The highest BCUT2D eigenvalue weighted by Gasteiger charge is 2.72. The highest BCUT2D eigenvalue weighted by Crippen LogP contribution is 2.77. The fourth-order valence-corrected chi connectivity index (χ4v) is 9.45. The van der Waals surface area contributed by atoms with Gasteiger partial charge in [-0.25, -0.2) is 0 Å². The average molecular weight is 343 g/mol. The Morgan fingerprint density at radius 1 is 1.00 bits per heavy atom. The summed E-state index contributed by atoms with van der Waals surface area (Å²) in [6.07, 6.45) is 14.1. The van der Waals surface area contributed by atoms with Crippen LogP contribution in [-0.4, -0.2) is 6.29 Å². The lowest BCUT2D eigenvalue weighted by molar-refractivity contribution is -0.113. The molecule has 0 spiro atoms. The monoisotopic (exact) mass is 342 g/mol. The minimum atomic E-state index is 0.497. The lowest BCUT2D eigenvalue weighted by Gasteiger charge is -2.57. The van der Waals surface area contributed by atoms with E-state index in [0.717, 1.165) is 59.7 Å². The zero-order valence-electron chi connectivity index (χ0n) is 16.6. The summed E-state index contributed by atoms with van der Waals surface area (Å²) in [7, 11) is 0. The van der Waals surface area contributed by atoms with Crippen molar-refractivity contribution in [3.8, 4) is 0 Å². The molecule has 11 atom stereocenters. The van der Waals surface area contributed by atoms with E-state index in [-0.39, 0.29) is 0 Å². The molecule has 5 aliphatic carbocycles. The van der Waals surface area contributed by atoms with Gasteiger partial charge >= 0.3 is 0 Å². The zero-order chi connectivity index (χ0) is 17.3. The van der Waals surface area contributed by atoms with Crippen LogP contribution in [-0.2, 0) is 4.79 Å². The van der Waals surface area contributed by atoms with Crippen LogP contribution in [0.25, 0.3) is 0 Å². The van der Waals surface area contributed by atoms with Crippen molar-refractivity contribution in [2.75, 3.05) is 0 Å². The topological polar surface area (TPSA) is 17.1 Å². The molecule has 0 amide bonds. The molecule has 0 bridgehead atoms. The number of hydrogen-bond acceptors (Lipinski definition) is 1. The highest BCUT2D eigenvalue weighted by atomic mass is 16.1. The third kappa shape index (κ3) is 2.23. The Morgan fingerprint density at radius 2 is 1.80 bits per heavy atom. The normalized spacial score (nSPS) is 59.3. The number of rotatable bonds is 3. The largest absolute Gasteiger partial charge is 0.303 e. The minimum Gasteiger partial charge on any atom is -0.303 e. The molecule has 0 aromatic carbocycles. The predicted molar refractivity (Wildman–Crippen MR) is 102 cm³/mol. The Hall–Kier alpha value is -0.330. The van der Waals surface area contributed by atoms with E-state index in [1.165, 1.54) is 51.2 Å². The van der Waals surface area contributed by atoms with Gasteiger partial charge in [-0.05, 0) is 103 Å². The molecule has 0 N–H and O–H groups in total. The Morgan fingerprint density at radius 3 is 2.56 bits per heavy atom. The lowest BCUT2D eigenvalue weighted by Crippen LogP contribution is -2.50. The SMILES string of the molecule is CC[C@H]1CCC2C3CC[C@]4(C)C(CC=O)C5C(C4[C@@H]3CC[C@@H]2C1)[C@@H]5C. The Balaban J connectivity index is 1.40. The van der Waals surface area contributed by atoms with Crippen LogP contribution in [0, 0.1) is 64.6 Å². The van der Waals surface area contributed by atoms with Gasteiger partial charge in [0.1, 0.15) is 6.29 Å². The molecule has 0 aromatic rings. The zero-order valence-corrected chi connectivity index (χ0v) is 16.6. The van der Waals surface area contributed by atoms with Gasteiger partial charge in [0.15, 0.2) is 0 Å². The number of fused-ring (bicyclic) bond motifs is 7. The van der Waals surface area contributed by atoms with Crippen LogP contribution >= 0.6 is 0 Å². The molecule has 25 heavy (non-hydrogen) atoms. The van der Waals surface area contributed by atoms with Crippen molar-refractivity contribution in [3.05, 3.63) is 0 Å². The van der Waals surface area contributed by atoms with E-state index >= 15 is 0 Å². The van der Waals surface area contributed by atoms with Crippen molar-refractivity contribution in [2.24, 2.45) is 64.6 Å². The number of carbonyl (C=O) groups excluding carboxylic acids is 1. The van der Waals surface area contributed by atoms with E-state index in [4.69, 9.17) is 0 Å². The molecule has 5 rings (SSSR count). The molecule has 0 saturated heterocycles. The van der Waals surface area contributed by atoms with Gasteiger partial charge in [-0.3, -0.25) is 0 Å². The van der Waals surface area contributed by atoms with Gasteiger partial charge < -0.3 is 4.79 Å². The van der Waals surface area contributed by atoms with Crippen LogP contribution in [0.2, 0.25) is 0 Å². The maximum Gasteiger partial charge on any atom is 0.120 e. The fraction of sp³-hybridized carbons (Fsp3) is 0.958. The first-order valence-corrected chi connectivity index (χ1v) is 11.5. The fourth-order valence-electron chi connectivity index (χ4n) is 9.45. The van der Waals surface area contributed by atoms with Crippen LogP contribution < -0.4 is 0 Å². The van der Waals surface area contributed by atoms with Gasteiger partial charge in [-0.15, -0.1) is 0 Å². The molecule has 6 unspecified atom stereocenters. The highest BCUT2D eigenvalue weighted by molar-refractivity contribution is 5.51. The smallest absolute Gasteiger partial charge is 0.120 e. The van der Waals surface area contributed by atoms with Crippen LogP contribution in [0.4, 0.5) is 0 Å². The molecule has 1 heteroatoms. The van der Waals surface area contributed by atoms with E-state index in [0.29, 0.717) is 11.3 Å². The second-order valence-corrected chi connectivity index (χ2v) is 11.0. The number of hydrogen-bond donors (Lipinski definition) is 0. The molecular weight excluding hydrogens is 304 g/mol. The van der Waals surface area contributed by atoms with Gasteiger partial charge in [0, 0.05) is 6.42 Å². The van der Waals surface area contributed by atoms with E-state index in [1.807, 2.05) is 0 Å². The molecular formula is C24H38O. The third-order valence-corrected chi connectivity index (χ3v) is 10.5. The molecule has 0 radical (unpaired) electrons. The molecule has 0 heterocycles. The van der Waals surface area contributed by atoms with Crippen molar-refractivity contribution in [1.29, 1.82) is 0 Å². The lowest BCUT2D eigenvalue weighted by atomic mass is 9.47. The Labute approximate surface area is 154 Å². The first kappa shape index (κ1) is 16.8. The summed E-state index contributed by atoms with van der Waals surface area (Å²) in [6, 6.07) is 0. The summed E-state index contributed by atoms with van der Waals surface area (Å²) in [5.74, 6) is 9.65. The van der Waals surface area contributed by atoms with Gasteiger partial charge in [0.05, 0.1) is 0 Å². The minimum absolute atomic E-state index is 0.497. The van der Waals surface area contributed by atoms with Crippen LogP contribution in [0.3, 0.4) is 0 Å². The molecule has 0 aliphatic heterocycles. The Kier molecular flexibility index (Phi) is 3.92. The molecule has 140 valence electrons. The summed E-state index contributed by atoms with van der Waals surface area (Å²) in [6.45, 7) is 7.50. The van der Waals surface area contributed by atoms with Crippen molar-refractivity contribution in [3.63, 3.8) is 0 Å². The van der Waals surface area contributed by atoms with Crippen LogP contribution in [0.1, 0.15) is 78.6 Å². The third-order valence-electron chi connectivity index (χ3n) is 10.5. The number of aldehydes is 1. The van der Waals surface area contributed by atoms with Gasteiger partial charge in [0.25, 0.3) is 0 Å². The van der Waals surface area contributed by atoms with Crippen LogP contribution in [0.5, 0.6) is 0 Å². The maximum absolute atomic E-state index is 11.4.